The molecule has 0 saturated heterocycles. The van der Waals surface area contributed by atoms with Crippen molar-refractivity contribution in [2.45, 2.75) is 6.92 Å². The van der Waals surface area contributed by atoms with Gasteiger partial charge in [0.15, 0.2) is 0 Å². The fourth-order valence-electron chi connectivity index (χ4n) is 2.37. The van der Waals surface area contributed by atoms with E-state index in [2.05, 4.69) is 17.4 Å². The highest BCUT2D eigenvalue weighted by molar-refractivity contribution is 6.04. The Balaban J connectivity index is 1.75. The van der Waals surface area contributed by atoms with Crippen LogP contribution in [0.15, 0.2) is 78.9 Å². The Bertz CT molecular complexity index is 776. The molecule has 2 nitrogen and oxygen atoms in total. The van der Waals surface area contributed by atoms with Gasteiger partial charge in [0.1, 0.15) is 0 Å². The molecule has 0 aromatic heterocycles. The molecule has 0 heterocycles. The van der Waals surface area contributed by atoms with Crippen LogP contribution in [-0.4, -0.2) is 5.91 Å². The summed E-state index contributed by atoms with van der Waals surface area (Å²) in [4.78, 5) is 12.2. The first kappa shape index (κ1) is 14.1. The molecule has 0 spiro atoms. The van der Waals surface area contributed by atoms with Gasteiger partial charge in [-0.25, -0.2) is 0 Å². The second-order valence-electron chi connectivity index (χ2n) is 5.27. The SMILES string of the molecule is Cc1cccc(C(=O)Nc2ccc(-c3ccccc3)cc2)c1. The lowest BCUT2D eigenvalue weighted by atomic mass is 10.1. The van der Waals surface area contributed by atoms with Crippen molar-refractivity contribution < 1.29 is 4.79 Å². The van der Waals surface area contributed by atoms with Gasteiger partial charge >= 0.3 is 0 Å². The molecule has 0 bridgehead atoms. The van der Waals surface area contributed by atoms with Gasteiger partial charge in [-0.1, -0.05) is 60.2 Å². The number of benzene rings is 3. The summed E-state index contributed by atoms with van der Waals surface area (Å²) in [6, 6.07) is 25.6. The van der Waals surface area contributed by atoms with E-state index >= 15 is 0 Å². The first-order valence-corrected chi connectivity index (χ1v) is 7.26. The Morgan fingerprint density at radius 3 is 2.14 bits per heavy atom. The first-order valence-electron chi connectivity index (χ1n) is 7.26. The maximum absolute atomic E-state index is 12.2. The van der Waals surface area contributed by atoms with Gasteiger partial charge in [-0.05, 0) is 42.3 Å². The molecule has 1 N–H and O–H groups in total. The highest BCUT2D eigenvalue weighted by atomic mass is 16.1. The van der Waals surface area contributed by atoms with Crippen molar-refractivity contribution in [3.05, 3.63) is 90.0 Å². The quantitative estimate of drug-likeness (QED) is 0.728. The molecule has 108 valence electrons. The van der Waals surface area contributed by atoms with E-state index < -0.39 is 0 Å². The van der Waals surface area contributed by atoms with Gasteiger partial charge in [-0.3, -0.25) is 4.79 Å². The highest BCUT2D eigenvalue weighted by Crippen LogP contribution is 2.21. The Kier molecular flexibility index (Phi) is 4.01. The zero-order chi connectivity index (χ0) is 15.4. The van der Waals surface area contributed by atoms with Crippen LogP contribution in [0.5, 0.6) is 0 Å². The Labute approximate surface area is 130 Å². The molecule has 2 heteroatoms. The standard InChI is InChI=1S/C20H17NO/c1-15-6-5-9-18(14-15)20(22)21-19-12-10-17(11-13-19)16-7-3-2-4-8-16/h2-14H,1H3,(H,21,22). The molecular formula is C20H17NO. The normalized spacial score (nSPS) is 10.2. The number of nitrogens with one attached hydrogen (secondary N) is 1. The fourth-order valence-corrected chi connectivity index (χ4v) is 2.37. The summed E-state index contributed by atoms with van der Waals surface area (Å²) in [5.74, 6) is -0.0869. The maximum atomic E-state index is 12.2. The number of carbonyl (C=O) groups excluding carboxylic acids is 1. The van der Waals surface area contributed by atoms with E-state index in [9.17, 15) is 4.79 Å². The van der Waals surface area contributed by atoms with Crippen molar-refractivity contribution in [2.24, 2.45) is 0 Å². The van der Waals surface area contributed by atoms with Crippen LogP contribution in [0.1, 0.15) is 15.9 Å². The molecule has 3 rings (SSSR count). The summed E-state index contributed by atoms with van der Waals surface area (Å²) in [5.41, 5.74) is 4.85. The van der Waals surface area contributed by atoms with Gasteiger partial charge in [0.25, 0.3) is 5.91 Å². The van der Waals surface area contributed by atoms with Crippen molar-refractivity contribution in [1.82, 2.24) is 0 Å². The monoisotopic (exact) mass is 287 g/mol. The van der Waals surface area contributed by atoms with Crippen LogP contribution in [0, 0.1) is 6.92 Å². The lowest BCUT2D eigenvalue weighted by molar-refractivity contribution is 0.102. The van der Waals surface area contributed by atoms with Gasteiger partial charge in [-0.2, -0.15) is 0 Å². The number of aryl methyl sites for hydroxylation is 1. The molecule has 0 aliphatic heterocycles. The Morgan fingerprint density at radius 2 is 1.45 bits per heavy atom. The second-order valence-corrected chi connectivity index (χ2v) is 5.27. The minimum atomic E-state index is -0.0869. The first-order chi connectivity index (χ1) is 10.7. The molecule has 1 amide bonds. The van der Waals surface area contributed by atoms with Crippen molar-refractivity contribution in [1.29, 1.82) is 0 Å². The molecule has 0 saturated carbocycles. The van der Waals surface area contributed by atoms with E-state index in [-0.39, 0.29) is 5.91 Å². The summed E-state index contributed by atoms with van der Waals surface area (Å²) >= 11 is 0. The predicted octanol–water partition coefficient (Wildman–Crippen LogP) is 4.91. The highest BCUT2D eigenvalue weighted by Gasteiger charge is 2.06. The van der Waals surface area contributed by atoms with E-state index in [0.29, 0.717) is 5.56 Å². The van der Waals surface area contributed by atoms with Crippen LogP contribution in [-0.2, 0) is 0 Å². The summed E-state index contributed by atoms with van der Waals surface area (Å²) in [6.07, 6.45) is 0. The smallest absolute Gasteiger partial charge is 0.255 e. The average Bonchev–Trinajstić information content (AvgIpc) is 2.56. The van der Waals surface area contributed by atoms with Crippen LogP contribution >= 0.6 is 0 Å². The third-order valence-electron chi connectivity index (χ3n) is 3.53. The van der Waals surface area contributed by atoms with E-state index in [1.165, 1.54) is 5.56 Å². The van der Waals surface area contributed by atoms with E-state index in [1.807, 2.05) is 73.7 Å². The van der Waals surface area contributed by atoms with Crippen LogP contribution in [0.2, 0.25) is 0 Å². The molecule has 22 heavy (non-hydrogen) atoms. The van der Waals surface area contributed by atoms with Gasteiger partial charge in [-0.15, -0.1) is 0 Å². The van der Waals surface area contributed by atoms with Crippen LogP contribution in [0.3, 0.4) is 0 Å². The zero-order valence-corrected chi connectivity index (χ0v) is 12.4. The molecule has 3 aromatic rings. The molecule has 3 aromatic carbocycles. The fraction of sp³-hybridized carbons (Fsp3) is 0.0500. The molecule has 0 fully saturated rings. The van der Waals surface area contributed by atoms with Crippen molar-refractivity contribution in [3.63, 3.8) is 0 Å². The zero-order valence-electron chi connectivity index (χ0n) is 12.4. The predicted molar refractivity (Wildman–Crippen MR) is 91.0 cm³/mol. The molecule has 0 aliphatic rings. The molecule has 0 radical (unpaired) electrons. The topological polar surface area (TPSA) is 29.1 Å². The third kappa shape index (κ3) is 3.23. The van der Waals surface area contributed by atoms with Crippen molar-refractivity contribution >= 4 is 11.6 Å². The van der Waals surface area contributed by atoms with E-state index in [4.69, 9.17) is 0 Å². The summed E-state index contributed by atoms with van der Waals surface area (Å²) in [7, 11) is 0. The van der Waals surface area contributed by atoms with Crippen molar-refractivity contribution in [3.8, 4) is 11.1 Å². The summed E-state index contributed by atoms with van der Waals surface area (Å²) in [6.45, 7) is 1.98. The minimum absolute atomic E-state index is 0.0869. The minimum Gasteiger partial charge on any atom is -0.322 e. The number of carbonyl (C=O) groups is 1. The van der Waals surface area contributed by atoms with Crippen LogP contribution < -0.4 is 5.32 Å². The second kappa shape index (κ2) is 6.27. The number of hydrogen-bond acceptors (Lipinski definition) is 1. The largest absolute Gasteiger partial charge is 0.322 e. The Hall–Kier alpha value is -2.87. The molecule has 0 aliphatic carbocycles. The van der Waals surface area contributed by atoms with E-state index in [1.54, 1.807) is 0 Å². The third-order valence-corrected chi connectivity index (χ3v) is 3.53. The molecular weight excluding hydrogens is 270 g/mol. The van der Waals surface area contributed by atoms with Crippen LogP contribution in [0.25, 0.3) is 11.1 Å². The number of amides is 1. The average molecular weight is 287 g/mol. The number of rotatable bonds is 3. The maximum Gasteiger partial charge on any atom is 0.255 e. The van der Waals surface area contributed by atoms with Crippen LogP contribution in [0.4, 0.5) is 5.69 Å². The number of anilines is 1. The van der Waals surface area contributed by atoms with Crippen molar-refractivity contribution in [2.75, 3.05) is 5.32 Å². The van der Waals surface area contributed by atoms with Gasteiger partial charge in [0.2, 0.25) is 0 Å². The van der Waals surface area contributed by atoms with E-state index in [0.717, 1.165) is 16.8 Å². The molecule has 0 unspecified atom stereocenters. The number of hydrogen-bond donors (Lipinski definition) is 1. The van der Waals surface area contributed by atoms with Gasteiger partial charge < -0.3 is 5.32 Å². The lowest BCUT2D eigenvalue weighted by Gasteiger charge is -2.07. The summed E-state index contributed by atoms with van der Waals surface area (Å²) in [5, 5.41) is 2.93. The van der Waals surface area contributed by atoms with Gasteiger partial charge in [0.05, 0.1) is 0 Å². The molecule has 0 atom stereocenters. The van der Waals surface area contributed by atoms with Gasteiger partial charge in [0, 0.05) is 11.3 Å². The lowest BCUT2D eigenvalue weighted by Crippen LogP contribution is -2.11. The summed E-state index contributed by atoms with van der Waals surface area (Å²) < 4.78 is 0. The Morgan fingerprint density at radius 1 is 0.773 bits per heavy atom.